The van der Waals surface area contributed by atoms with Gasteiger partial charge in [-0.15, -0.1) is 10.2 Å². The molecule has 0 spiro atoms. The Morgan fingerprint density at radius 2 is 1.76 bits per heavy atom. The van der Waals surface area contributed by atoms with E-state index in [1.165, 1.54) is 25.7 Å². The molecule has 2 rings (SSSR count). The van der Waals surface area contributed by atoms with Gasteiger partial charge in [-0.05, 0) is 36.2 Å². The summed E-state index contributed by atoms with van der Waals surface area (Å²) in [5.74, 6) is 0.909. The number of rotatable bonds is 9. The topological polar surface area (TPSA) is 52.3 Å². The van der Waals surface area contributed by atoms with Crippen molar-refractivity contribution in [1.29, 1.82) is 0 Å². The molecule has 0 saturated heterocycles. The molecule has 0 aliphatic carbocycles. The first-order valence-corrected chi connectivity index (χ1v) is 7.50. The van der Waals surface area contributed by atoms with E-state index >= 15 is 0 Å². The molecule has 0 radical (unpaired) electrons. The molecular weight excluding hydrogens is 264 g/mol. The highest BCUT2D eigenvalue weighted by atomic mass is 16.5. The monoisotopic (exact) mass is 286 g/mol. The molecule has 0 amide bonds. The van der Waals surface area contributed by atoms with Gasteiger partial charge >= 0.3 is 0 Å². The van der Waals surface area contributed by atoms with Gasteiger partial charge in [0.2, 0.25) is 0 Å². The van der Waals surface area contributed by atoms with Gasteiger partial charge in [0.15, 0.2) is 0 Å². The summed E-state index contributed by atoms with van der Waals surface area (Å²) in [5.41, 5.74) is 1.01. The summed E-state index contributed by atoms with van der Waals surface area (Å²) >= 11 is 0. The fraction of sp³-hybridized carbons (Fsp3) is 0.438. The lowest BCUT2D eigenvalue weighted by atomic mass is 10.2. The molecule has 5 heteroatoms. The molecule has 0 N–H and O–H groups in total. The van der Waals surface area contributed by atoms with Crippen molar-refractivity contribution < 1.29 is 4.74 Å². The van der Waals surface area contributed by atoms with E-state index in [2.05, 4.69) is 22.2 Å². The number of nitrogens with zero attached hydrogens (tertiary/aromatic N) is 4. The predicted molar refractivity (Wildman–Crippen MR) is 83.7 cm³/mol. The highest BCUT2D eigenvalue weighted by molar-refractivity contribution is 5.79. The summed E-state index contributed by atoms with van der Waals surface area (Å²) in [6, 6.07) is 7.92. The fourth-order valence-electron chi connectivity index (χ4n) is 1.93. The summed E-state index contributed by atoms with van der Waals surface area (Å²) < 4.78 is 7.28. The average Bonchev–Trinajstić information content (AvgIpc) is 3.03. The van der Waals surface area contributed by atoms with Crippen molar-refractivity contribution in [1.82, 2.24) is 14.9 Å². The van der Waals surface area contributed by atoms with Gasteiger partial charge in [0.1, 0.15) is 18.4 Å². The largest absolute Gasteiger partial charge is 0.494 e. The van der Waals surface area contributed by atoms with Crippen LogP contribution in [-0.2, 0) is 0 Å². The molecule has 112 valence electrons. The summed E-state index contributed by atoms with van der Waals surface area (Å²) in [7, 11) is 0. The van der Waals surface area contributed by atoms with E-state index in [1.807, 2.05) is 24.3 Å². The number of aromatic nitrogens is 3. The summed E-state index contributed by atoms with van der Waals surface area (Å²) in [4.78, 5) is 0. The maximum atomic E-state index is 5.72. The minimum atomic E-state index is 0.790. The van der Waals surface area contributed by atoms with Gasteiger partial charge in [-0.1, -0.05) is 32.6 Å². The van der Waals surface area contributed by atoms with Crippen LogP contribution in [0.1, 0.15) is 44.6 Å². The predicted octanol–water partition coefficient (Wildman–Crippen LogP) is 3.51. The van der Waals surface area contributed by atoms with Crippen molar-refractivity contribution in [3.8, 4) is 5.75 Å². The molecule has 0 saturated carbocycles. The van der Waals surface area contributed by atoms with Gasteiger partial charge in [-0.25, -0.2) is 4.68 Å². The first-order chi connectivity index (χ1) is 10.4. The molecule has 0 fully saturated rings. The second-order valence-electron chi connectivity index (χ2n) is 4.92. The molecule has 2 aromatic rings. The van der Waals surface area contributed by atoms with Crippen LogP contribution in [0.15, 0.2) is 42.0 Å². The van der Waals surface area contributed by atoms with E-state index in [-0.39, 0.29) is 0 Å². The molecule has 5 nitrogen and oxygen atoms in total. The third-order valence-corrected chi connectivity index (χ3v) is 3.14. The van der Waals surface area contributed by atoms with Crippen LogP contribution in [0.2, 0.25) is 0 Å². The number of hydrogen-bond donors (Lipinski definition) is 0. The van der Waals surface area contributed by atoms with Crippen molar-refractivity contribution in [3.05, 3.63) is 42.5 Å². The molecule has 0 aliphatic heterocycles. The highest BCUT2D eigenvalue weighted by Gasteiger charge is 1.95. The average molecular weight is 286 g/mol. The molecule has 0 atom stereocenters. The third-order valence-electron chi connectivity index (χ3n) is 3.14. The lowest BCUT2D eigenvalue weighted by molar-refractivity contribution is 0.304. The quantitative estimate of drug-likeness (QED) is 0.523. The van der Waals surface area contributed by atoms with Crippen molar-refractivity contribution in [2.24, 2.45) is 5.10 Å². The lowest BCUT2D eigenvalue weighted by Crippen LogP contribution is -1.97. The van der Waals surface area contributed by atoms with Crippen LogP contribution >= 0.6 is 0 Å². The molecular formula is C16H22N4O. The highest BCUT2D eigenvalue weighted by Crippen LogP contribution is 2.12. The second kappa shape index (κ2) is 8.89. The van der Waals surface area contributed by atoms with Crippen molar-refractivity contribution in [2.45, 2.75) is 39.0 Å². The van der Waals surface area contributed by atoms with Crippen LogP contribution in [0, 0.1) is 0 Å². The first-order valence-electron chi connectivity index (χ1n) is 7.50. The number of benzene rings is 1. The standard InChI is InChI=1S/C16H22N4O/c1-2-3-4-5-6-11-21-16-9-7-15(8-10-16)12-19-20-13-17-18-14-20/h7-10,12-14H,2-6,11H2,1H3. The zero-order valence-electron chi connectivity index (χ0n) is 12.5. The van der Waals surface area contributed by atoms with Crippen molar-refractivity contribution >= 4 is 6.21 Å². The third kappa shape index (κ3) is 5.77. The summed E-state index contributed by atoms with van der Waals surface area (Å²) in [6.45, 7) is 3.02. The molecule has 21 heavy (non-hydrogen) atoms. The zero-order chi connectivity index (χ0) is 14.8. The molecule has 0 aliphatic rings. The smallest absolute Gasteiger partial charge is 0.141 e. The van der Waals surface area contributed by atoms with Crippen LogP contribution in [0.25, 0.3) is 0 Å². The van der Waals surface area contributed by atoms with Gasteiger partial charge in [-0.3, -0.25) is 0 Å². The van der Waals surface area contributed by atoms with E-state index in [1.54, 1.807) is 23.5 Å². The first kappa shape index (κ1) is 15.2. The van der Waals surface area contributed by atoms with E-state index in [4.69, 9.17) is 4.74 Å². The Hall–Kier alpha value is -2.17. The maximum absolute atomic E-state index is 5.72. The summed E-state index contributed by atoms with van der Waals surface area (Å²) in [5, 5.41) is 11.6. The molecule has 1 aromatic carbocycles. The van der Waals surface area contributed by atoms with Crippen LogP contribution in [0.4, 0.5) is 0 Å². The Morgan fingerprint density at radius 1 is 1.05 bits per heavy atom. The zero-order valence-corrected chi connectivity index (χ0v) is 12.5. The molecule has 1 heterocycles. The normalized spacial score (nSPS) is 11.1. The maximum Gasteiger partial charge on any atom is 0.141 e. The van der Waals surface area contributed by atoms with Crippen molar-refractivity contribution in [3.63, 3.8) is 0 Å². The summed E-state index contributed by atoms with van der Waals surface area (Å²) in [6.07, 6.45) is 11.1. The molecule has 0 unspecified atom stereocenters. The van der Waals surface area contributed by atoms with Crippen LogP contribution in [-0.4, -0.2) is 27.7 Å². The number of hydrogen-bond acceptors (Lipinski definition) is 4. The Balaban J connectivity index is 1.72. The Morgan fingerprint density at radius 3 is 2.48 bits per heavy atom. The minimum Gasteiger partial charge on any atom is -0.494 e. The van der Waals surface area contributed by atoms with Crippen LogP contribution in [0.3, 0.4) is 0 Å². The van der Waals surface area contributed by atoms with E-state index < -0.39 is 0 Å². The Labute approximate surface area is 125 Å². The van der Waals surface area contributed by atoms with E-state index in [9.17, 15) is 0 Å². The number of ether oxygens (including phenoxy) is 1. The van der Waals surface area contributed by atoms with Crippen LogP contribution in [0.5, 0.6) is 5.75 Å². The van der Waals surface area contributed by atoms with Gasteiger partial charge in [-0.2, -0.15) is 5.10 Å². The Bertz CT molecular complexity index is 520. The van der Waals surface area contributed by atoms with Gasteiger partial charge < -0.3 is 4.74 Å². The lowest BCUT2D eigenvalue weighted by Gasteiger charge is -2.06. The van der Waals surface area contributed by atoms with Gasteiger partial charge in [0, 0.05) is 0 Å². The Kier molecular flexibility index (Phi) is 6.45. The van der Waals surface area contributed by atoms with Gasteiger partial charge in [0.25, 0.3) is 0 Å². The molecule has 0 bridgehead atoms. The second-order valence-corrected chi connectivity index (χ2v) is 4.92. The minimum absolute atomic E-state index is 0.790. The fourth-order valence-corrected chi connectivity index (χ4v) is 1.93. The molecule has 1 aromatic heterocycles. The van der Waals surface area contributed by atoms with Crippen molar-refractivity contribution in [2.75, 3.05) is 6.61 Å². The van der Waals surface area contributed by atoms with Gasteiger partial charge in [0.05, 0.1) is 12.8 Å². The SMILES string of the molecule is CCCCCCCOc1ccc(C=Nn2cnnc2)cc1. The van der Waals surface area contributed by atoms with E-state index in [0.29, 0.717) is 0 Å². The number of unbranched alkanes of at least 4 members (excludes halogenated alkanes) is 4. The van der Waals surface area contributed by atoms with E-state index in [0.717, 1.165) is 24.3 Å². The van der Waals surface area contributed by atoms with Crippen LogP contribution < -0.4 is 4.74 Å².